The van der Waals surface area contributed by atoms with Crippen LogP contribution in [0.15, 0.2) is 48.5 Å². The van der Waals surface area contributed by atoms with Gasteiger partial charge in [-0.15, -0.1) is 20.4 Å². The molecule has 2 aromatic carbocycles. The van der Waals surface area contributed by atoms with Crippen LogP contribution < -0.4 is 5.73 Å². The van der Waals surface area contributed by atoms with Gasteiger partial charge < -0.3 is 5.73 Å². The van der Waals surface area contributed by atoms with E-state index in [1.165, 1.54) is 12.1 Å². The third-order valence-electron chi connectivity index (χ3n) is 3.09. The molecule has 0 saturated heterocycles. The molecule has 0 aliphatic carbocycles. The molecule has 23 heavy (non-hydrogen) atoms. The fraction of sp³-hybridized carbons (Fsp3) is 0.0667. The van der Waals surface area contributed by atoms with Crippen LogP contribution in [0, 0.1) is 0 Å². The first-order chi connectivity index (χ1) is 10.9. The highest BCUT2D eigenvalue weighted by atomic mass is 19.4. The van der Waals surface area contributed by atoms with Gasteiger partial charge in [-0.25, -0.2) is 0 Å². The van der Waals surface area contributed by atoms with Gasteiger partial charge in [0.15, 0.2) is 0 Å². The van der Waals surface area contributed by atoms with Gasteiger partial charge in [-0.3, -0.25) is 0 Å². The van der Waals surface area contributed by atoms with E-state index in [0.29, 0.717) is 16.8 Å². The summed E-state index contributed by atoms with van der Waals surface area (Å²) in [5, 5.41) is 15.7. The minimum absolute atomic E-state index is 0.145. The summed E-state index contributed by atoms with van der Waals surface area (Å²) in [7, 11) is 0. The zero-order chi connectivity index (χ0) is 16.4. The molecule has 0 aliphatic rings. The molecule has 0 aliphatic heterocycles. The van der Waals surface area contributed by atoms with E-state index < -0.39 is 11.7 Å². The summed E-state index contributed by atoms with van der Waals surface area (Å²) in [4.78, 5) is 0. The van der Waals surface area contributed by atoms with Gasteiger partial charge in [0.25, 0.3) is 0 Å². The molecule has 1 heterocycles. The normalized spacial score (nSPS) is 11.4. The zero-order valence-electron chi connectivity index (χ0n) is 11.6. The van der Waals surface area contributed by atoms with E-state index in [1.807, 2.05) is 0 Å². The Morgan fingerprint density at radius 3 is 1.83 bits per heavy atom. The van der Waals surface area contributed by atoms with E-state index in [0.717, 1.165) is 12.1 Å². The summed E-state index contributed by atoms with van der Waals surface area (Å²) in [5.74, 6) is 0.430. The Labute approximate surface area is 129 Å². The van der Waals surface area contributed by atoms with Crippen LogP contribution in [-0.2, 0) is 6.18 Å². The van der Waals surface area contributed by atoms with E-state index in [1.54, 1.807) is 24.3 Å². The first kappa shape index (κ1) is 14.9. The van der Waals surface area contributed by atoms with Gasteiger partial charge in [-0.05, 0) is 24.3 Å². The molecular weight excluding hydrogens is 307 g/mol. The minimum atomic E-state index is -4.38. The Hall–Kier alpha value is -3.03. The largest absolute Gasteiger partial charge is 0.416 e. The van der Waals surface area contributed by atoms with E-state index in [2.05, 4.69) is 20.4 Å². The third kappa shape index (κ3) is 3.25. The summed E-state index contributed by atoms with van der Waals surface area (Å²) < 4.78 is 37.6. The smallest absolute Gasteiger partial charge is 0.399 e. The number of hydrogen-bond donors (Lipinski definition) is 1. The van der Waals surface area contributed by atoms with Crippen LogP contribution in [0.3, 0.4) is 0 Å². The Bertz CT molecular complexity index is 814. The van der Waals surface area contributed by atoms with Gasteiger partial charge in [0.2, 0.25) is 11.6 Å². The number of rotatable bonds is 2. The average Bonchev–Trinajstić information content (AvgIpc) is 2.54. The van der Waals surface area contributed by atoms with Crippen LogP contribution in [0.5, 0.6) is 0 Å². The first-order valence-electron chi connectivity index (χ1n) is 6.54. The molecule has 0 unspecified atom stereocenters. The zero-order valence-corrected chi connectivity index (χ0v) is 11.6. The average molecular weight is 317 g/mol. The van der Waals surface area contributed by atoms with Gasteiger partial charge in [-0.2, -0.15) is 13.2 Å². The van der Waals surface area contributed by atoms with Gasteiger partial charge in [-0.1, -0.05) is 24.3 Å². The number of nitrogen functional groups attached to an aromatic ring is 1. The lowest BCUT2D eigenvalue weighted by atomic mass is 10.1. The van der Waals surface area contributed by atoms with Gasteiger partial charge in [0.1, 0.15) is 0 Å². The van der Waals surface area contributed by atoms with Crippen molar-refractivity contribution in [2.24, 2.45) is 0 Å². The summed E-state index contributed by atoms with van der Waals surface area (Å²) >= 11 is 0. The topological polar surface area (TPSA) is 77.6 Å². The highest BCUT2D eigenvalue weighted by Crippen LogP contribution is 2.30. The van der Waals surface area contributed by atoms with Crippen LogP contribution >= 0.6 is 0 Å². The van der Waals surface area contributed by atoms with Crippen molar-refractivity contribution in [2.45, 2.75) is 6.18 Å². The number of halogens is 3. The Kier molecular flexibility index (Phi) is 3.65. The second kappa shape index (κ2) is 5.64. The molecule has 0 amide bonds. The molecule has 0 atom stereocenters. The fourth-order valence-corrected chi connectivity index (χ4v) is 1.95. The Morgan fingerprint density at radius 2 is 1.30 bits per heavy atom. The third-order valence-corrected chi connectivity index (χ3v) is 3.09. The number of aromatic nitrogens is 4. The van der Waals surface area contributed by atoms with Gasteiger partial charge in [0, 0.05) is 16.8 Å². The molecule has 3 aromatic rings. The van der Waals surface area contributed by atoms with Crippen LogP contribution in [0.2, 0.25) is 0 Å². The molecule has 5 nitrogen and oxygen atoms in total. The molecule has 2 N–H and O–H groups in total. The molecule has 0 saturated carbocycles. The van der Waals surface area contributed by atoms with Crippen LogP contribution in [0.4, 0.5) is 18.9 Å². The molecule has 116 valence electrons. The first-order valence-corrected chi connectivity index (χ1v) is 6.54. The van der Waals surface area contributed by atoms with Crippen LogP contribution in [-0.4, -0.2) is 20.4 Å². The number of benzene rings is 2. The predicted molar refractivity (Wildman–Crippen MR) is 77.9 cm³/mol. The summed E-state index contributed by atoms with van der Waals surface area (Å²) in [6, 6.07) is 11.4. The van der Waals surface area contributed by atoms with E-state index in [-0.39, 0.29) is 11.6 Å². The van der Waals surface area contributed by atoms with E-state index in [4.69, 9.17) is 5.73 Å². The predicted octanol–water partition coefficient (Wildman–Crippen LogP) is 3.20. The van der Waals surface area contributed by atoms with E-state index >= 15 is 0 Å². The molecule has 8 heteroatoms. The monoisotopic (exact) mass is 317 g/mol. The molecule has 0 radical (unpaired) electrons. The van der Waals surface area contributed by atoms with Crippen molar-refractivity contribution in [3.05, 3.63) is 54.1 Å². The number of anilines is 1. The van der Waals surface area contributed by atoms with Crippen molar-refractivity contribution in [1.29, 1.82) is 0 Å². The number of alkyl halides is 3. The van der Waals surface area contributed by atoms with Crippen molar-refractivity contribution in [3.8, 4) is 22.8 Å². The second-order valence-electron chi connectivity index (χ2n) is 4.75. The molecule has 0 fully saturated rings. The summed E-state index contributed by atoms with van der Waals surface area (Å²) in [6.45, 7) is 0. The van der Waals surface area contributed by atoms with Crippen molar-refractivity contribution < 1.29 is 13.2 Å². The van der Waals surface area contributed by atoms with Gasteiger partial charge >= 0.3 is 6.18 Å². The van der Waals surface area contributed by atoms with Crippen molar-refractivity contribution in [2.75, 3.05) is 5.73 Å². The molecule has 1 aromatic heterocycles. The second-order valence-corrected chi connectivity index (χ2v) is 4.75. The molecule has 3 rings (SSSR count). The summed E-state index contributed by atoms with van der Waals surface area (Å²) in [5.41, 5.74) is 6.55. The van der Waals surface area contributed by atoms with Crippen LogP contribution in [0.25, 0.3) is 22.8 Å². The Morgan fingerprint density at radius 1 is 0.739 bits per heavy atom. The van der Waals surface area contributed by atoms with Crippen molar-refractivity contribution in [3.63, 3.8) is 0 Å². The van der Waals surface area contributed by atoms with Crippen molar-refractivity contribution in [1.82, 2.24) is 20.4 Å². The minimum Gasteiger partial charge on any atom is -0.399 e. The fourth-order valence-electron chi connectivity index (χ4n) is 1.95. The maximum absolute atomic E-state index is 12.5. The number of nitrogens with zero attached hydrogens (tertiary/aromatic N) is 4. The quantitative estimate of drug-likeness (QED) is 0.734. The maximum atomic E-state index is 12.5. The van der Waals surface area contributed by atoms with E-state index in [9.17, 15) is 13.2 Å². The lowest BCUT2D eigenvalue weighted by Crippen LogP contribution is -2.04. The molecular formula is C15H10F3N5. The lowest BCUT2D eigenvalue weighted by molar-refractivity contribution is -0.137. The molecule has 0 spiro atoms. The van der Waals surface area contributed by atoms with Crippen molar-refractivity contribution >= 4 is 5.69 Å². The molecule has 0 bridgehead atoms. The lowest BCUT2D eigenvalue weighted by Gasteiger charge is -2.06. The van der Waals surface area contributed by atoms with Gasteiger partial charge in [0.05, 0.1) is 5.56 Å². The standard InChI is InChI=1S/C15H10F3N5/c16-15(17,18)11-6-4-9(5-7-11)13-20-22-14(23-21-13)10-2-1-3-12(19)8-10/h1-8H,19H2. The highest BCUT2D eigenvalue weighted by Gasteiger charge is 2.30. The SMILES string of the molecule is Nc1cccc(-c2nnc(-c3ccc(C(F)(F)F)cc3)nn2)c1. The number of nitrogens with two attached hydrogens (primary N) is 1. The number of hydrogen-bond acceptors (Lipinski definition) is 5. The summed E-state index contributed by atoms with van der Waals surface area (Å²) in [6.07, 6.45) is -4.38. The maximum Gasteiger partial charge on any atom is 0.416 e. The van der Waals surface area contributed by atoms with Crippen LogP contribution in [0.1, 0.15) is 5.56 Å². The highest BCUT2D eigenvalue weighted by molar-refractivity contribution is 5.61. The Balaban J connectivity index is 1.88.